The fourth-order valence-corrected chi connectivity index (χ4v) is 2.61. The number of hydrogen-bond donors (Lipinski definition) is 1. The molecule has 2 aromatic rings. The third-order valence-corrected chi connectivity index (χ3v) is 4.05. The molecule has 3 nitrogen and oxygen atoms in total. The van der Waals surface area contributed by atoms with Crippen LogP contribution in [0.4, 0.5) is 0 Å². The molecule has 0 unspecified atom stereocenters. The highest BCUT2D eigenvalue weighted by atomic mass is 16.5. The largest absolute Gasteiger partial charge is 0.477 e. The van der Waals surface area contributed by atoms with E-state index in [1.807, 2.05) is 18.3 Å². The molecular formula is C16H20N2O. The minimum absolute atomic E-state index is 0.510. The van der Waals surface area contributed by atoms with E-state index in [-0.39, 0.29) is 0 Å². The van der Waals surface area contributed by atoms with E-state index in [0.717, 1.165) is 41.2 Å². The summed E-state index contributed by atoms with van der Waals surface area (Å²) in [6, 6.07) is 8.18. The van der Waals surface area contributed by atoms with Crippen LogP contribution in [0.1, 0.15) is 31.2 Å². The van der Waals surface area contributed by atoms with Crippen molar-refractivity contribution < 1.29 is 4.74 Å². The number of ether oxygens (including phenoxy) is 1. The first-order valence-corrected chi connectivity index (χ1v) is 7.08. The van der Waals surface area contributed by atoms with Crippen molar-refractivity contribution in [3.8, 4) is 5.88 Å². The molecule has 1 aliphatic carbocycles. The van der Waals surface area contributed by atoms with Crippen molar-refractivity contribution in [3.63, 3.8) is 0 Å². The standard InChI is InChI=1S/C16H20N2O/c17-10-13-11-18-16(15-7-2-1-6-14(13)15)19-9-8-12-4-3-5-12/h1-2,6-7,11-12H,3-5,8-10,17H2. The summed E-state index contributed by atoms with van der Waals surface area (Å²) >= 11 is 0. The summed E-state index contributed by atoms with van der Waals surface area (Å²) in [5, 5.41) is 2.22. The average molecular weight is 256 g/mol. The Hall–Kier alpha value is -1.61. The van der Waals surface area contributed by atoms with Gasteiger partial charge in [-0.15, -0.1) is 0 Å². The SMILES string of the molecule is NCc1cnc(OCCC2CCC2)c2ccccc12. The number of benzene rings is 1. The van der Waals surface area contributed by atoms with Gasteiger partial charge in [0.25, 0.3) is 0 Å². The summed E-state index contributed by atoms with van der Waals surface area (Å²) in [6.45, 7) is 1.28. The van der Waals surface area contributed by atoms with Crippen LogP contribution in [0.2, 0.25) is 0 Å². The van der Waals surface area contributed by atoms with Gasteiger partial charge in [0, 0.05) is 18.1 Å². The molecule has 0 atom stereocenters. The highest BCUT2D eigenvalue weighted by Gasteiger charge is 2.17. The van der Waals surface area contributed by atoms with Crippen LogP contribution in [0, 0.1) is 5.92 Å². The van der Waals surface area contributed by atoms with Crippen molar-refractivity contribution in [1.29, 1.82) is 0 Å². The lowest BCUT2D eigenvalue weighted by Crippen LogP contribution is -2.14. The fraction of sp³-hybridized carbons (Fsp3) is 0.438. The molecule has 0 aliphatic heterocycles. The minimum atomic E-state index is 0.510. The predicted octanol–water partition coefficient (Wildman–Crippen LogP) is 3.26. The van der Waals surface area contributed by atoms with Crippen molar-refractivity contribution in [2.45, 2.75) is 32.2 Å². The average Bonchev–Trinajstić information content (AvgIpc) is 2.41. The van der Waals surface area contributed by atoms with E-state index in [2.05, 4.69) is 17.1 Å². The molecule has 19 heavy (non-hydrogen) atoms. The summed E-state index contributed by atoms with van der Waals surface area (Å²) in [6.07, 6.45) is 7.10. The van der Waals surface area contributed by atoms with E-state index in [9.17, 15) is 0 Å². The lowest BCUT2D eigenvalue weighted by atomic mass is 9.83. The zero-order valence-electron chi connectivity index (χ0n) is 11.1. The molecule has 2 N–H and O–H groups in total. The maximum atomic E-state index is 5.87. The molecule has 100 valence electrons. The van der Waals surface area contributed by atoms with E-state index >= 15 is 0 Å². The van der Waals surface area contributed by atoms with E-state index in [0.29, 0.717) is 6.54 Å². The topological polar surface area (TPSA) is 48.1 Å². The molecule has 3 rings (SSSR count). The van der Waals surface area contributed by atoms with Crippen LogP contribution in [0.25, 0.3) is 10.8 Å². The normalized spacial score (nSPS) is 15.4. The Morgan fingerprint density at radius 1 is 1.21 bits per heavy atom. The van der Waals surface area contributed by atoms with Crippen LogP contribution < -0.4 is 10.5 Å². The van der Waals surface area contributed by atoms with Crippen molar-refractivity contribution >= 4 is 10.8 Å². The zero-order chi connectivity index (χ0) is 13.1. The van der Waals surface area contributed by atoms with E-state index in [4.69, 9.17) is 10.5 Å². The van der Waals surface area contributed by atoms with Crippen LogP contribution in [-0.4, -0.2) is 11.6 Å². The second kappa shape index (κ2) is 5.57. The Labute approximate surface area is 113 Å². The number of rotatable bonds is 5. The maximum absolute atomic E-state index is 5.87. The van der Waals surface area contributed by atoms with Gasteiger partial charge in [0.2, 0.25) is 5.88 Å². The molecule has 3 heteroatoms. The van der Waals surface area contributed by atoms with Crippen LogP contribution in [0.3, 0.4) is 0 Å². The summed E-state index contributed by atoms with van der Waals surface area (Å²) in [5.41, 5.74) is 6.82. The van der Waals surface area contributed by atoms with Gasteiger partial charge in [0.05, 0.1) is 6.61 Å². The van der Waals surface area contributed by atoms with Gasteiger partial charge < -0.3 is 10.5 Å². The third kappa shape index (κ3) is 2.56. The Kier molecular flexibility index (Phi) is 3.65. The van der Waals surface area contributed by atoms with Gasteiger partial charge >= 0.3 is 0 Å². The number of nitrogens with two attached hydrogens (primary N) is 1. The Morgan fingerprint density at radius 3 is 2.68 bits per heavy atom. The van der Waals surface area contributed by atoms with Crippen LogP contribution in [0.5, 0.6) is 5.88 Å². The first-order chi connectivity index (χ1) is 9.38. The first kappa shape index (κ1) is 12.4. The summed E-state index contributed by atoms with van der Waals surface area (Å²) in [5.74, 6) is 1.61. The minimum Gasteiger partial charge on any atom is -0.477 e. The van der Waals surface area contributed by atoms with Gasteiger partial charge in [-0.1, -0.05) is 37.5 Å². The summed E-state index contributed by atoms with van der Waals surface area (Å²) < 4.78 is 5.87. The molecule has 1 aromatic carbocycles. The maximum Gasteiger partial charge on any atom is 0.221 e. The van der Waals surface area contributed by atoms with Gasteiger partial charge in [-0.3, -0.25) is 0 Å². The molecule has 1 aromatic heterocycles. The quantitative estimate of drug-likeness (QED) is 0.893. The molecule has 0 saturated heterocycles. The predicted molar refractivity (Wildman–Crippen MR) is 77.1 cm³/mol. The number of nitrogens with zero attached hydrogens (tertiary/aromatic N) is 1. The van der Waals surface area contributed by atoms with Gasteiger partial charge in [0.1, 0.15) is 0 Å². The highest BCUT2D eigenvalue weighted by molar-refractivity contribution is 5.89. The molecule has 0 bridgehead atoms. The molecule has 1 aliphatic rings. The lowest BCUT2D eigenvalue weighted by Gasteiger charge is -2.25. The molecule has 1 saturated carbocycles. The number of aromatic nitrogens is 1. The van der Waals surface area contributed by atoms with Gasteiger partial charge in [-0.25, -0.2) is 4.98 Å². The van der Waals surface area contributed by atoms with Gasteiger partial charge in [0.15, 0.2) is 0 Å². The van der Waals surface area contributed by atoms with Crippen molar-refractivity contribution in [2.24, 2.45) is 11.7 Å². The first-order valence-electron chi connectivity index (χ1n) is 7.08. The number of hydrogen-bond acceptors (Lipinski definition) is 3. The molecule has 0 amide bonds. The number of pyridine rings is 1. The van der Waals surface area contributed by atoms with Gasteiger partial charge in [-0.05, 0) is 29.4 Å². The van der Waals surface area contributed by atoms with E-state index < -0.39 is 0 Å². The van der Waals surface area contributed by atoms with Crippen molar-refractivity contribution in [2.75, 3.05) is 6.61 Å². The van der Waals surface area contributed by atoms with Crippen LogP contribution >= 0.6 is 0 Å². The summed E-state index contributed by atoms with van der Waals surface area (Å²) in [7, 11) is 0. The molecular weight excluding hydrogens is 236 g/mol. The lowest BCUT2D eigenvalue weighted by molar-refractivity contribution is 0.219. The molecule has 0 radical (unpaired) electrons. The Balaban J connectivity index is 1.78. The van der Waals surface area contributed by atoms with Crippen molar-refractivity contribution in [1.82, 2.24) is 4.98 Å². The molecule has 1 heterocycles. The van der Waals surface area contributed by atoms with E-state index in [1.165, 1.54) is 19.3 Å². The fourth-order valence-electron chi connectivity index (χ4n) is 2.61. The third-order valence-electron chi connectivity index (χ3n) is 4.05. The summed E-state index contributed by atoms with van der Waals surface area (Å²) in [4.78, 5) is 4.42. The Bertz CT molecular complexity index is 564. The van der Waals surface area contributed by atoms with Gasteiger partial charge in [-0.2, -0.15) is 0 Å². The monoisotopic (exact) mass is 256 g/mol. The van der Waals surface area contributed by atoms with E-state index in [1.54, 1.807) is 0 Å². The molecule has 0 spiro atoms. The Morgan fingerprint density at radius 2 is 2.00 bits per heavy atom. The van der Waals surface area contributed by atoms with Crippen LogP contribution in [0.15, 0.2) is 30.5 Å². The number of fused-ring (bicyclic) bond motifs is 1. The second-order valence-electron chi connectivity index (χ2n) is 5.27. The second-order valence-corrected chi connectivity index (χ2v) is 5.27. The zero-order valence-corrected chi connectivity index (χ0v) is 11.1. The smallest absolute Gasteiger partial charge is 0.221 e. The van der Waals surface area contributed by atoms with Crippen LogP contribution in [-0.2, 0) is 6.54 Å². The highest BCUT2D eigenvalue weighted by Crippen LogP contribution is 2.30. The van der Waals surface area contributed by atoms with Crippen molar-refractivity contribution in [3.05, 3.63) is 36.0 Å². The molecule has 1 fully saturated rings.